The van der Waals surface area contributed by atoms with Gasteiger partial charge >= 0.3 is 0 Å². The molecule has 1 amide bonds. The summed E-state index contributed by atoms with van der Waals surface area (Å²) in [6.07, 6.45) is 3.48. The van der Waals surface area contributed by atoms with E-state index in [-0.39, 0.29) is 11.8 Å². The number of nitrogens with two attached hydrogens (primary N) is 1. The molecule has 0 radical (unpaired) electrons. The van der Waals surface area contributed by atoms with Gasteiger partial charge in [0.05, 0.1) is 10.9 Å². The molecule has 5 nitrogen and oxygen atoms in total. The molecule has 0 aliphatic carbocycles. The number of carbonyl (C=O) groups is 1. The number of hydrogen-bond acceptors (Lipinski definition) is 4. The monoisotopic (exact) mass is 344 g/mol. The summed E-state index contributed by atoms with van der Waals surface area (Å²) in [5.41, 5.74) is 7.80. The molecule has 2 aromatic rings. The Hall–Kier alpha value is -2.27. The number of para-hydroxylation sites is 1. The van der Waals surface area contributed by atoms with Crippen LogP contribution in [0.15, 0.2) is 42.6 Å². The molecule has 3 N–H and O–H groups in total. The van der Waals surface area contributed by atoms with Gasteiger partial charge in [0.25, 0.3) is 0 Å². The molecule has 3 rings (SSSR count). The second-order valence-corrected chi connectivity index (χ2v) is 6.47. The average molecular weight is 345 g/mol. The number of benzene rings is 1. The number of amides is 1. The minimum Gasteiger partial charge on any atom is -0.370 e. The van der Waals surface area contributed by atoms with E-state index in [1.54, 1.807) is 6.20 Å². The Kier molecular flexibility index (Phi) is 5.20. The molecule has 1 saturated heterocycles. The van der Waals surface area contributed by atoms with Crippen LogP contribution in [0.5, 0.6) is 0 Å². The summed E-state index contributed by atoms with van der Waals surface area (Å²) in [6.45, 7) is 2.29. The van der Waals surface area contributed by atoms with Crippen LogP contribution in [0.4, 0.5) is 11.5 Å². The first-order valence-corrected chi connectivity index (χ1v) is 8.49. The molecule has 0 unspecified atom stereocenters. The second-order valence-electron chi connectivity index (χ2n) is 6.03. The largest absolute Gasteiger partial charge is 0.370 e. The van der Waals surface area contributed by atoms with E-state index in [2.05, 4.69) is 27.3 Å². The molecule has 1 atom stereocenters. The number of nitrogens with one attached hydrogen (secondary N) is 1. The van der Waals surface area contributed by atoms with Gasteiger partial charge in [-0.1, -0.05) is 29.8 Å². The summed E-state index contributed by atoms with van der Waals surface area (Å²) in [5, 5.41) is 3.93. The third-order valence-electron chi connectivity index (χ3n) is 4.34. The number of carbonyl (C=O) groups excluding carboxylic acids is 1. The van der Waals surface area contributed by atoms with Crippen molar-refractivity contribution in [1.29, 1.82) is 0 Å². The van der Waals surface area contributed by atoms with Crippen LogP contribution in [-0.2, 0) is 11.3 Å². The van der Waals surface area contributed by atoms with Crippen molar-refractivity contribution in [2.75, 3.05) is 23.3 Å². The number of primary amides is 1. The zero-order chi connectivity index (χ0) is 16.9. The first kappa shape index (κ1) is 16.6. The number of anilines is 2. The van der Waals surface area contributed by atoms with E-state index in [0.29, 0.717) is 18.1 Å². The molecule has 1 aromatic carbocycles. The Labute approximate surface area is 146 Å². The van der Waals surface area contributed by atoms with Gasteiger partial charge in [-0.3, -0.25) is 4.79 Å². The van der Waals surface area contributed by atoms with Gasteiger partial charge in [-0.2, -0.15) is 0 Å². The number of nitrogens with zero attached hydrogens (tertiary/aromatic N) is 2. The van der Waals surface area contributed by atoms with Crippen LogP contribution in [0.1, 0.15) is 18.4 Å². The lowest BCUT2D eigenvalue weighted by atomic mass is 9.96. The molecule has 0 bridgehead atoms. The van der Waals surface area contributed by atoms with Gasteiger partial charge in [-0.05, 0) is 36.6 Å². The predicted octanol–water partition coefficient (Wildman–Crippen LogP) is 3.05. The van der Waals surface area contributed by atoms with Crippen LogP contribution < -0.4 is 16.0 Å². The highest BCUT2D eigenvalue weighted by molar-refractivity contribution is 6.30. The van der Waals surface area contributed by atoms with Gasteiger partial charge in [0.1, 0.15) is 5.82 Å². The maximum atomic E-state index is 11.5. The van der Waals surface area contributed by atoms with Crippen molar-refractivity contribution < 1.29 is 4.79 Å². The highest BCUT2D eigenvalue weighted by atomic mass is 35.5. The molecule has 0 spiro atoms. The van der Waals surface area contributed by atoms with E-state index >= 15 is 0 Å². The van der Waals surface area contributed by atoms with Gasteiger partial charge < -0.3 is 16.0 Å². The topological polar surface area (TPSA) is 71.2 Å². The Balaban J connectivity index is 1.72. The zero-order valence-corrected chi connectivity index (χ0v) is 14.2. The fraction of sp³-hybridized carbons (Fsp3) is 0.333. The second kappa shape index (κ2) is 7.53. The van der Waals surface area contributed by atoms with Gasteiger partial charge in [-0.15, -0.1) is 0 Å². The SMILES string of the molecule is NC(=O)[C@H]1CCCN(c2ccccc2CNc2ccc(Cl)cn2)C1. The molecular formula is C18H21ClN4O. The molecule has 1 aromatic heterocycles. The maximum Gasteiger partial charge on any atom is 0.222 e. The standard InChI is InChI=1S/C18H21ClN4O/c19-15-7-8-17(22-11-15)21-10-13-4-1-2-6-16(13)23-9-3-5-14(12-23)18(20)24/h1-2,4,6-8,11,14H,3,5,9-10,12H2,(H2,20,24)(H,21,22)/t14-/m0/s1. The molecule has 24 heavy (non-hydrogen) atoms. The Morgan fingerprint density at radius 3 is 2.92 bits per heavy atom. The van der Waals surface area contributed by atoms with E-state index in [1.165, 1.54) is 5.56 Å². The van der Waals surface area contributed by atoms with Crippen LogP contribution in [0.2, 0.25) is 5.02 Å². The first-order valence-electron chi connectivity index (χ1n) is 8.11. The van der Waals surface area contributed by atoms with E-state index in [1.807, 2.05) is 24.3 Å². The summed E-state index contributed by atoms with van der Waals surface area (Å²) in [6, 6.07) is 11.9. The van der Waals surface area contributed by atoms with Crippen LogP contribution >= 0.6 is 11.6 Å². The summed E-state index contributed by atoms with van der Waals surface area (Å²) in [4.78, 5) is 18.0. The Morgan fingerprint density at radius 2 is 2.17 bits per heavy atom. The van der Waals surface area contributed by atoms with Gasteiger partial charge in [0.2, 0.25) is 5.91 Å². The van der Waals surface area contributed by atoms with Crippen molar-refractivity contribution in [2.24, 2.45) is 11.7 Å². The van der Waals surface area contributed by atoms with Crippen molar-refractivity contribution in [2.45, 2.75) is 19.4 Å². The summed E-state index contributed by atoms with van der Waals surface area (Å²) in [5.74, 6) is 0.501. The fourth-order valence-electron chi connectivity index (χ4n) is 3.06. The Morgan fingerprint density at radius 1 is 1.33 bits per heavy atom. The molecule has 2 heterocycles. The van der Waals surface area contributed by atoms with Crippen molar-refractivity contribution in [1.82, 2.24) is 4.98 Å². The number of rotatable bonds is 5. The van der Waals surface area contributed by atoms with Crippen molar-refractivity contribution in [3.05, 3.63) is 53.2 Å². The first-order chi connectivity index (χ1) is 11.6. The van der Waals surface area contributed by atoms with E-state index in [9.17, 15) is 4.79 Å². The summed E-state index contributed by atoms with van der Waals surface area (Å²) in [7, 11) is 0. The molecule has 126 valence electrons. The summed E-state index contributed by atoms with van der Waals surface area (Å²) >= 11 is 5.86. The number of hydrogen-bond donors (Lipinski definition) is 2. The predicted molar refractivity (Wildman–Crippen MR) is 97.1 cm³/mol. The summed E-state index contributed by atoms with van der Waals surface area (Å²) < 4.78 is 0. The number of piperidine rings is 1. The molecule has 6 heteroatoms. The van der Waals surface area contributed by atoms with Crippen molar-refractivity contribution in [3.8, 4) is 0 Å². The number of aromatic nitrogens is 1. The van der Waals surface area contributed by atoms with Crippen molar-refractivity contribution >= 4 is 29.0 Å². The maximum absolute atomic E-state index is 11.5. The third-order valence-corrected chi connectivity index (χ3v) is 4.57. The van der Waals surface area contributed by atoms with E-state index in [4.69, 9.17) is 17.3 Å². The molecular weight excluding hydrogens is 324 g/mol. The van der Waals surface area contributed by atoms with E-state index in [0.717, 1.165) is 30.9 Å². The third kappa shape index (κ3) is 3.97. The molecule has 0 saturated carbocycles. The molecule has 1 aliphatic rings. The molecule has 1 fully saturated rings. The van der Waals surface area contributed by atoms with Crippen LogP contribution in [0, 0.1) is 5.92 Å². The zero-order valence-electron chi connectivity index (χ0n) is 13.4. The van der Waals surface area contributed by atoms with Crippen LogP contribution in [0.25, 0.3) is 0 Å². The van der Waals surface area contributed by atoms with Gasteiger partial charge in [-0.25, -0.2) is 4.98 Å². The lowest BCUT2D eigenvalue weighted by Crippen LogP contribution is -2.41. The van der Waals surface area contributed by atoms with Crippen molar-refractivity contribution in [3.63, 3.8) is 0 Å². The number of pyridine rings is 1. The van der Waals surface area contributed by atoms with Gasteiger partial charge in [0.15, 0.2) is 0 Å². The van der Waals surface area contributed by atoms with Gasteiger partial charge in [0, 0.05) is 31.5 Å². The average Bonchev–Trinajstić information content (AvgIpc) is 2.61. The fourth-order valence-corrected chi connectivity index (χ4v) is 3.17. The minimum atomic E-state index is -0.208. The highest BCUT2D eigenvalue weighted by Crippen LogP contribution is 2.27. The normalized spacial score (nSPS) is 17.5. The quantitative estimate of drug-likeness (QED) is 0.874. The van der Waals surface area contributed by atoms with E-state index < -0.39 is 0 Å². The smallest absolute Gasteiger partial charge is 0.222 e. The highest BCUT2D eigenvalue weighted by Gasteiger charge is 2.25. The Bertz CT molecular complexity index is 704. The lowest BCUT2D eigenvalue weighted by Gasteiger charge is -2.34. The van der Waals surface area contributed by atoms with Crippen LogP contribution in [0.3, 0.4) is 0 Å². The van der Waals surface area contributed by atoms with Crippen LogP contribution in [-0.4, -0.2) is 24.0 Å². The lowest BCUT2D eigenvalue weighted by molar-refractivity contribution is -0.122. The minimum absolute atomic E-state index is 0.0716. The number of halogens is 1. The molecule has 1 aliphatic heterocycles.